The minimum absolute atomic E-state index is 0.000377. The Hall–Kier alpha value is -3.58. The van der Waals surface area contributed by atoms with Crippen molar-refractivity contribution in [1.82, 2.24) is 5.32 Å². The fourth-order valence-electron chi connectivity index (χ4n) is 5.06. The van der Waals surface area contributed by atoms with E-state index < -0.39 is 11.9 Å². The number of carbonyl (C=O) groups excluding carboxylic acids is 2. The van der Waals surface area contributed by atoms with Gasteiger partial charge in [0.1, 0.15) is 18.1 Å². The van der Waals surface area contributed by atoms with Crippen molar-refractivity contribution in [3.05, 3.63) is 82.2 Å². The second kappa shape index (κ2) is 11.4. The summed E-state index contributed by atoms with van der Waals surface area (Å²) < 4.78 is 22.0. The molecule has 0 spiro atoms. The molecule has 0 aromatic heterocycles. The molecule has 0 saturated heterocycles. The standard InChI is InChI=1S/C29H33NO6/c1-5-35-13-14-36-29(32)26-18(2)30-23-15-20(19-9-7-6-8-10-19)16-24(31)28(23)27(26)22-17-21(33-3)11-12-25(22)34-4/h6-12,17,20,27,30H,5,13-16H2,1-4H3/t20-,27+/m1/s1. The van der Waals surface area contributed by atoms with E-state index in [0.29, 0.717) is 60.0 Å². The lowest BCUT2D eigenvalue weighted by molar-refractivity contribution is -0.140. The van der Waals surface area contributed by atoms with E-state index in [4.69, 9.17) is 18.9 Å². The lowest BCUT2D eigenvalue weighted by Gasteiger charge is -2.37. The first-order chi connectivity index (χ1) is 17.5. The van der Waals surface area contributed by atoms with Gasteiger partial charge in [-0.05, 0) is 49.9 Å². The molecule has 1 aliphatic carbocycles. The number of ketones is 1. The van der Waals surface area contributed by atoms with Crippen molar-refractivity contribution in [3.63, 3.8) is 0 Å². The summed E-state index contributed by atoms with van der Waals surface area (Å²) >= 11 is 0. The van der Waals surface area contributed by atoms with E-state index in [1.54, 1.807) is 26.4 Å². The van der Waals surface area contributed by atoms with E-state index >= 15 is 0 Å². The summed E-state index contributed by atoms with van der Waals surface area (Å²) in [5, 5.41) is 3.38. The van der Waals surface area contributed by atoms with Gasteiger partial charge in [-0.1, -0.05) is 30.3 Å². The quantitative estimate of drug-likeness (QED) is 0.404. The normalized spacial score (nSPS) is 19.5. The van der Waals surface area contributed by atoms with E-state index in [0.717, 1.165) is 11.3 Å². The summed E-state index contributed by atoms with van der Waals surface area (Å²) in [5.74, 6) is 0.109. The van der Waals surface area contributed by atoms with Crippen LogP contribution in [0.1, 0.15) is 49.7 Å². The maximum Gasteiger partial charge on any atom is 0.336 e. The van der Waals surface area contributed by atoms with Gasteiger partial charge in [0, 0.05) is 35.6 Å². The molecule has 7 heteroatoms. The predicted octanol–water partition coefficient (Wildman–Crippen LogP) is 4.65. The van der Waals surface area contributed by atoms with Crippen molar-refractivity contribution < 1.29 is 28.5 Å². The minimum atomic E-state index is -0.643. The topological polar surface area (TPSA) is 83.1 Å². The number of benzene rings is 2. The Kier molecular flexibility index (Phi) is 8.10. The SMILES string of the molecule is CCOCCOC(=O)C1=C(C)NC2=C(C(=O)C[C@H](c3ccccc3)C2)[C@H]1c1cc(OC)ccc1OC. The van der Waals surface area contributed by atoms with E-state index in [1.807, 2.05) is 38.1 Å². The molecule has 190 valence electrons. The van der Waals surface area contributed by atoms with E-state index in [9.17, 15) is 9.59 Å². The fraction of sp³-hybridized carbons (Fsp3) is 0.379. The maximum atomic E-state index is 13.8. The van der Waals surface area contributed by atoms with Gasteiger partial charge in [-0.3, -0.25) is 4.79 Å². The Labute approximate surface area is 212 Å². The molecule has 2 aromatic carbocycles. The summed E-state index contributed by atoms with van der Waals surface area (Å²) in [4.78, 5) is 27.2. The molecule has 0 unspecified atom stereocenters. The molecule has 36 heavy (non-hydrogen) atoms. The van der Waals surface area contributed by atoms with Gasteiger partial charge in [0.15, 0.2) is 5.78 Å². The molecular formula is C29H33NO6. The molecule has 2 atom stereocenters. The number of carbonyl (C=O) groups is 2. The Balaban J connectivity index is 1.79. The van der Waals surface area contributed by atoms with Gasteiger partial charge < -0.3 is 24.3 Å². The Morgan fingerprint density at radius 2 is 1.81 bits per heavy atom. The summed E-state index contributed by atoms with van der Waals surface area (Å²) in [6.07, 6.45) is 1.02. The Morgan fingerprint density at radius 3 is 2.50 bits per heavy atom. The van der Waals surface area contributed by atoms with Crippen LogP contribution < -0.4 is 14.8 Å². The third-order valence-corrected chi connectivity index (χ3v) is 6.73. The van der Waals surface area contributed by atoms with Gasteiger partial charge in [-0.15, -0.1) is 0 Å². The van der Waals surface area contributed by atoms with Crippen LogP contribution in [0.3, 0.4) is 0 Å². The zero-order chi connectivity index (χ0) is 25.7. The molecule has 1 heterocycles. The van der Waals surface area contributed by atoms with Crippen LogP contribution in [0.2, 0.25) is 0 Å². The lowest BCUT2D eigenvalue weighted by atomic mass is 9.71. The third kappa shape index (κ3) is 5.16. The number of dihydropyridines is 1. The number of hydrogen-bond donors (Lipinski definition) is 1. The third-order valence-electron chi connectivity index (χ3n) is 6.73. The van der Waals surface area contributed by atoms with Crippen LogP contribution in [0.25, 0.3) is 0 Å². The molecule has 0 amide bonds. The van der Waals surface area contributed by atoms with Crippen LogP contribution in [0.15, 0.2) is 71.1 Å². The second-order valence-electron chi connectivity index (χ2n) is 8.87. The molecule has 0 fully saturated rings. The number of ether oxygens (including phenoxy) is 4. The van der Waals surface area contributed by atoms with Crippen molar-refractivity contribution in [1.29, 1.82) is 0 Å². The van der Waals surface area contributed by atoms with Gasteiger partial charge in [0.05, 0.1) is 32.3 Å². The van der Waals surface area contributed by atoms with Crippen molar-refractivity contribution in [3.8, 4) is 11.5 Å². The molecule has 4 rings (SSSR count). The van der Waals surface area contributed by atoms with Crippen LogP contribution in [-0.4, -0.2) is 45.8 Å². The first-order valence-electron chi connectivity index (χ1n) is 12.2. The highest BCUT2D eigenvalue weighted by Gasteiger charge is 2.42. The number of methoxy groups -OCH3 is 2. The van der Waals surface area contributed by atoms with E-state index in [1.165, 1.54) is 0 Å². The highest BCUT2D eigenvalue weighted by Crippen LogP contribution is 2.48. The summed E-state index contributed by atoms with van der Waals surface area (Å²) in [5.41, 5.74) is 4.27. The molecule has 0 bridgehead atoms. The Morgan fingerprint density at radius 1 is 1.03 bits per heavy atom. The molecule has 1 aliphatic heterocycles. The number of nitrogens with one attached hydrogen (secondary N) is 1. The molecule has 7 nitrogen and oxygen atoms in total. The van der Waals surface area contributed by atoms with E-state index in [2.05, 4.69) is 17.4 Å². The summed E-state index contributed by atoms with van der Waals surface area (Å²) in [7, 11) is 3.16. The number of Topliss-reactive ketones (excluding diaryl/α,β-unsaturated/α-hetero) is 1. The Bertz CT molecular complexity index is 1180. The van der Waals surface area contributed by atoms with Crippen molar-refractivity contribution in [2.24, 2.45) is 0 Å². The van der Waals surface area contributed by atoms with Gasteiger partial charge in [0.25, 0.3) is 0 Å². The fourth-order valence-corrected chi connectivity index (χ4v) is 5.06. The van der Waals surface area contributed by atoms with Gasteiger partial charge >= 0.3 is 5.97 Å². The van der Waals surface area contributed by atoms with Gasteiger partial charge in [-0.2, -0.15) is 0 Å². The van der Waals surface area contributed by atoms with Crippen LogP contribution in [0.4, 0.5) is 0 Å². The van der Waals surface area contributed by atoms with Crippen molar-refractivity contribution in [2.75, 3.05) is 34.0 Å². The molecule has 2 aliphatic rings. The van der Waals surface area contributed by atoms with E-state index in [-0.39, 0.29) is 18.3 Å². The highest BCUT2D eigenvalue weighted by molar-refractivity contribution is 6.04. The van der Waals surface area contributed by atoms with Crippen molar-refractivity contribution >= 4 is 11.8 Å². The zero-order valence-electron chi connectivity index (χ0n) is 21.3. The highest BCUT2D eigenvalue weighted by atomic mass is 16.6. The van der Waals surface area contributed by atoms with Crippen molar-refractivity contribution in [2.45, 2.75) is 38.5 Å². The average Bonchev–Trinajstić information content (AvgIpc) is 2.90. The largest absolute Gasteiger partial charge is 0.497 e. The zero-order valence-corrected chi connectivity index (χ0v) is 21.3. The first kappa shape index (κ1) is 25.5. The number of allylic oxidation sites excluding steroid dienone is 3. The number of rotatable bonds is 9. The first-order valence-corrected chi connectivity index (χ1v) is 12.2. The van der Waals surface area contributed by atoms with Crippen LogP contribution in [0.5, 0.6) is 11.5 Å². The monoisotopic (exact) mass is 491 g/mol. The van der Waals surface area contributed by atoms with Crippen LogP contribution in [-0.2, 0) is 19.1 Å². The number of hydrogen-bond acceptors (Lipinski definition) is 7. The lowest BCUT2D eigenvalue weighted by Crippen LogP contribution is -2.36. The predicted molar refractivity (Wildman–Crippen MR) is 136 cm³/mol. The molecular weight excluding hydrogens is 458 g/mol. The van der Waals surface area contributed by atoms with Crippen LogP contribution >= 0.6 is 0 Å². The molecule has 2 aromatic rings. The van der Waals surface area contributed by atoms with Crippen LogP contribution in [0, 0.1) is 0 Å². The average molecular weight is 492 g/mol. The molecule has 0 saturated carbocycles. The maximum absolute atomic E-state index is 13.8. The minimum Gasteiger partial charge on any atom is -0.497 e. The molecule has 0 radical (unpaired) electrons. The smallest absolute Gasteiger partial charge is 0.336 e. The number of esters is 1. The second-order valence-corrected chi connectivity index (χ2v) is 8.87. The van der Waals surface area contributed by atoms with Gasteiger partial charge in [-0.25, -0.2) is 4.79 Å². The molecule has 1 N–H and O–H groups in total. The summed E-state index contributed by atoms with van der Waals surface area (Å²) in [6, 6.07) is 15.5. The summed E-state index contributed by atoms with van der Waals surface area (Å²) in [6.45, 7) is 4.70. The van der Waals surface area contributed by atoms with Gasteiger partial charge in [0.2, 0.25) is 0 Å².